The minimum atomic E-state index is 0.280. The third-order valence-electron chi connectivity index (χ3n) is 2.01. The molecule has 0 aromatic carbocycles. The number of nitrogens with one attached hydrogen (secondary N) is 1. The lowest BCUT2D eigenvalue weighted by Gasteiger charge is -2.31. The van der Waals surface area contributed by atoms with Crippen LogP contribution in [0.25, 0.3) is 0 Å². The van der Waals surface area contributed by atoms with Crippen LogP contribution in [-0.4, -0.2) is 44.4 Å². The zero-order valence-corrected chi connectivity index (χ0v) is 6.76. The first-order chi connectivity index (χ1) is 4.84. The Morgan fingerprint density at radius 3 is 2.50 bits per heavy atom. The molecular weight excluding hydrogens is 128 g/mol. The maximum Gasteiger partial charge on any atom is 0.107 e. The minimum absolute atomic E-state index is 0.280. The van der Waals surface area contributed by atoms with E-state index in [1.54, 1.807) is 7.11 Å². The molecule has 0 aromatic heterocycles. The Labute approximate surface area is 62.3 Å². The summed E-state index contributed by atoms with van der Waals surface area (Å²) in [5.41, 5.74) is 0. The first kappa shape index (κ1) is 7.98. The highest BCUT2D eigenvalue weighted by Gasteiger charge is 2.14. The number of ether oxygens (including phenoxy) is 1. The van der Waals surface area contributed by atoms with E-state index in [0.717, 1.165) is 26.2 Å². The first-order valence-electron chi connectivity index (χ1n) is 3.82. The fraction of sp³-hybridized carbons (Fsp3) is 1.00. The van der Waals surface area contributed by atoms with Gasteiger partial charge in [0.25, 0.3) is 0 Å². The molecule has 60 valence electrons. The molecule has 1 heterocycles. The van der Waals surface area contributed by atoms with Gasteiger partial charge in [-0.3, -0.25) is 4.90 Å². The molecule has 1 fully saturated rings. The van der Waals surface area contributed by atoms with Crippen molar-refractivity contribution in [3.05, 3.63) is 0 Å². The molecule has 1 saturated heterocycles. The lowest BCUT2D eigenvalue weighted by atomic mass is 10.3. The highest BCUT2D eigenvalue weighted by atomic mass is 16.5. The molecule has 0 aromatic rings. The van der Waals surface area contributed by atoms with Crippen molar-refractivity contribution in [1.29, 1.82) is 0 Å². The molecular formula is C7H16N2O. The average molecular weight is 144 g/mol. The smallest absolute Gasteiger partial charge is 0.107 e. The van der Waals surface area contributed by atoms with Crippen LogP contribution in [0.4, 0.5) is 0 Å². The highest BCUT2D eigenvalue weighted by Crippen LogP contribution is 1.99. The normalized spacial score (nSPS) is 24.6. The number of nitrogens with zero attached hydrogens (tertiary/aromatic N) is 1. The molecule has 0 unspecified atom stereocenters. The molecule has 0 bridgehead atoms. The minimum Gasteiger partial charge on any atom is -0.367 e. The van der Waals surface area contributed by atoms with Crippen LogP contribution in [0.3, 0.4) is 0 Å². The standard InChI is InChI=1S/C7H16N2O/c1-7(10-2)9-5-3-8-4-6-9/h7-8H,3-6H2,1-2H3/t7-/m0/s1. The topological polar surface area (TPSA) is 24.5 Å². The average Bonchev–Trinajstić information content (AvgIpc) is 2.05. The third-order valence-corrected chi connectivity index (χ3v) is 2.01. The van der Waals surface area contributed by atoms with Crippen molar-refractivity contribution in [2.75, 3.05) is 33.3 Å². The van der Waals surface area contributed by atoms with Gasteiger partial charge in [0.15, 0.2) is 0 Å². The van der Waals surface area contributed by atoms with Gasteiger partial charge in [0.05, 0.1) is 0 Å². The van der Waals surface area contributed by atoms with Gasteiger partial charge in [-0.1, -0.05) is 0 Å². The summed E-state index contributed by atoms with van der Waals surface area (Å²) in [5.74, 6) is 0. The van der Waals surface area contributed by atoms with Crippen LogP contribution in [0.2, 0.25) is 0 Å². The fourth-order valence-corrected chi connectivity index (χ4v) is 1.19. The van der Waals surface area contributed by atoms with Gasteiger partial charge in [0.2, 0.25) is 0 Å². The molecule has 3 heteroatoms. The van der Waals surface area contributed by atoms with E-state index in [-0.39, 0.29) is 6.23 Å². The summed E-state index contributed by atoms with van der Waals surface area (Å²) in [6.07, 6.45) is 0.280. The molecule has 1 rings (SSSR count). The van der Waals surface area contributed by atoms with Gasteiger partial charge in [0.1, 0.15) is 6.23 Å². The Morgan fingerprint density at radius 2 is 2.00 bits per heavy atom. The van der Waals surface area contributed by atoms with E-state index < -0.39 is 0 Å². The Bertz CT molecular complexity index is 91.6. The van der Waals surface area contributed by atoms with Crippen LogP contribution >= 0.6 is 0 Å². The van der Waals surface area contributed by atoms with E-state index in [2.05, 4.69) is 17.1 Å². The van der Waals surface area contributed by atoms with Crippen molar-refractivity contribution >= 4 is 0 Å². The van der Waals surface area contributed by atoms with E-state index in [1.807, 2.05) is 0 Å². The van der Waals surface area contributed by atoms with Gasteiger partial charge in [-0.2, -0.15) is 0 Å². The van der Waals surface area contributed by atoms with Crippen LogP contribution < -0.4 is 5.32 Å². The van der Waals surface area contributed by atoms with Gasteiger partial charge in [0, 0.05) is 33.3 Å². The fourth-order valence-electron chi connectivity index (χ4n) is 1.19. The zero-order chi connectivity index (χ0) is 7.40. The van der Waals surface area contributed by atoms with Crippen LogP contribution in [0.15, 0.2) is 0 Å². The molecule has 0 saturated carbocycles. The maximum atomic E-state index is 5.19. The lowest BCUT2D eigenvalue weighted by molar-refractivity contribution is -0.0243. The largest absolute Gasteiger partial charge is 0.367 e. The summed E-state index contributed by atoms with van der Waals surface area (Å²) >= 11 is 0. The number of rotatable bonds is 2. The van der Waals surface area contributed by atoms with Crippen molar-refractivity contribution in [2.24, 2.45) is 0 Å². The van der Waals surface area contributed by atoms with Gasteiger partial charge in [-0.25, -0.2) is 0 Å². The summed E-state index contributed by atoms with van der Waals surface area (Å²) in [4.78, 5) is 2.33. The molecule has 3 nitrogen and oxygen atoms in total. The van der Waals surface area contributed by atoms with E-state index in [4.69, 9.17) is 4.74 Å². The summed E-state index contributed by atoms with van der Waals surface area (Å²) in [6, 6.07) is 0. The van der Waals surface area contributed by atoms with E-state index in [1.165, 1.54) is 0 Å². The predicted octanol–water partition coefficient (Wildman–Crippen LogP) is -0.116. The molecule has 1 aliphatic rings. The number of hydrogen-bond donors (Lipinski definition) is 1. The number of methoxy groups -OCH3 is 1. The Balaban J connectivity index is 2.24. The molecule has 1 atom stereocenters. The molecule has 1 aliphatic heterocycles. The van der Waals surface area contributed by atoms with Gasteiger partial charge in [-0.05, 0) is 6.92 Å². The van der Waals surface area contributed by atoms with E-state index in [9.17, 15) is 0 Å². The zero-order valence-electron chi connectivity index (χ0n) is 6.76. The van der Waals surface area contributed by atoms with E-state index in [0.29, 0.717) is 0 Å². The van der Waals surface area contributed by atoms with Crippen LogP contribution in [0, 0.1) is 0 Å². The maximum absolute atomic E-state index is 5.19. The van der Waals surface area contributed by atoms with Crippen molar-refractivity contribution in [1.82, 2.24) is 10.2 Å². The van der Waals surface area contributed by atoms with Crippen molar-refractivity contribution in [2.45, 2.75) is 13.2 Å². The predicted molar refractivity (Wildman–Crippen MR) is 40.9 cm³/mol. The first-order valence-corrected chi connectivity index (χ1v) is 3.82. The second-order valence-electron chi connectivity index (χ2n) is 2.62. The summed E-state index contributed by atoms with van der Waals surface area (Å²) in [7, 11) is 1.76. The second-order valence-corrected chi connectivity index (χ2v) is 2.62. The van der Waals surface area contributed by atoms with Crippen LogP contribution in [-0.2, 0) is 4.74 Å². The van der Waals surface area contributed by atoms with Crippen molar-refractivity contribution in [3.63, 3.8) is 0 Å². The van der Waals surface area contributed by atoms with Crippen molar-refractivity contribution < 1.29 is 4.74 Å². The molecule has 0 radical (unpaired) electrons. The summed E-state index contributed by atoms with van der Waals surface area (Å²) in [6.45, 7) is 6.48. The Morgan fingerprint density at radius 1 is 1.40 bits per heavy atom. The van der Waals surface area contributed by atoms with Gasteiger partial charge >= 0.3 is 0 Å². The molecule has 0 aliphatic carbocycles. The van der Waals surface area contributed by atoms with Crippen molar-refractivity contribution in [3.8, 4) is 0 Å². The molecule has 10 heavy (non-hydrogen) atoms. The Hall–Kier alpha value is -0.120. The number of hydrogen-bond acceptors (Lipinski definition) is 3. The molecule has 1 N–H and O–H groups in total. The number of piperazine rings is 1. The molecule has 0 amide bonds. The SMILES string of the molecule is CO[C@@H](C)N1CCNCC1. The van der Waals surface area contributed by atoms with Gasteiger partial charge in [-0.15, -0.1) is 0 Å². The van der Waals surface area contributed by atoms with E-state index >= 15 is 0 Å². The Kier molecular flexibility index (Phi) is 3.12. The second kappa shape index (κ2) is 3.91. The summed E-state index contributed by atoms with van der Waals surface area (Å²) < 4.78 is 5.19. The summed E-state index contributed by atoms with van der Waals surface area (Å²) in [5, 5.41) is 3.30. The highest BCUT2D eigenvalue weighted by molar-refractivity contribution is 4.67. The molecule has 0 spiro atoms. The third kappa shape index (κ3) is 1.94. The van der Waals surface area contributed by atoms with Gasteiger partial charge < -0.3 is 10.1 Å². The lowest BCUT2D eigenvalue weighted by Crippen LogP contribution is -2.47. The van der Waals surface area contributed by atoms with Crippen LogP contribution in [0.5, 0.6) is 0 Å². The monoisotopic (exact) mass is 144 g/mol. The quantitative estimate of drug-likeness (QED) is 0.585. The van der Waals surface area contributed by atoms with Crippen LogP contribution in [0.1, 0.15) is 6.92 Å².